The molecule has 0 heterocycles. The number of para-hydroxylation sites is 1. The summed E-state index contributed by atoms with van der Waals surface area (Å²) in [5.41, 5.74) is 0.748. The fraction of sp³-hybridized carbons (Fsp3) is 0.125. The van der Waals surface area contributed by atoms with E-state index in [0.29, 0.717) is 23.3 Å². The lowest BCUT2D eigenvalue weighted by atomic mass is 10.2. The molecule has 7 heteroatoms. The molecule has 0 unspecified atom stereocenters. The summed E-state index contributed by atoms with van der Waals surface area (Å²) in [7, 11) is 0. The molecule has 0 aromatic heterocycles. The van der Waals surface area contributed by atoms with E-state index in [0.717, 1.165) is 0 Å². The van der Waals surface area contributed by atoms with Gasteiger partial charge in [0, 0.05) is 5.69 Å². The number of halogens is 2. The van der Waals surface area contributed by atoms with Crippen molar-refractivity contribution in [3.05, 3.63) is 54.1 Å². The minimum atomic E-state index is -2.90. The van der Waals surface area contributed by atoms with Crippen molar-refractivity contribution < 1.29 is 27.8 Å². The number of alkyl halides is 2. The lowest BCUT2D eigenvalue weighted by molar-refractivity contribution is -0.118. The molecule has 0 aliphatic carbocycles. The summed E-state index contributed by atoms with van der Waals surface area (Å²) in [6, 6.07) is 12.0. The van der Waals surface area contributed by atoms with Gasteiger partial charge in [0.05, 0.1) is 5.56 Å². The molecule has 2 aromatic rings. The van der Waals surface area contributed by atoms with Crippen LogP contribution < -0.4 is 14.8 Å². The predicted molar refractivity (Wildman–Crippen MR) is 79.0 cm³/mol. The Bertz CT molecular complexity index is 674. The lowest BCUT2D eigenvalue weighted by Gasteiger charge is -2.09. The molecule has 120 valence electrons. The smallest absolute Gasteiger partial charge is 0.387 e. The zero-order valence-electron chi connectivity index (χ0n) is 11.9. The number of ether oxygens (including phenoxy) is 2. The molecule has 0 spiro atoms. The molecule has 0 fully saturated rings. The maximum atomic E-state index is 12.0. The van der Waals surface area contributed by atoms with E-state index in [4.69, 9.17) is 4.74 Å². The van der Waals surface area contributed by atoms with Crippen molar-refractivity contribution in [2.24, 2.45) is 0 Å². The number of hydrogen-bond acceptors (Lipinski definition) is 4. The zero-order valence-corrected chi connectivity index (χ0v) is 11.9. The van der Waals surface area contributed by atoms with E-state index in [1.807, 2.05) is 0 Å². The molecule has 2 rings (SSSR count). The topological polar surface area (TPSA) is 64.6 Å². The molecule has 0 aliphatic heterocycles. The summed E-state index contributed by atoms with van der Waals surface area (Å²) >= 11 is 0. The largest absolute Gasteiger partial charge is 0.483 e. The van der Waals surface area contributed by atoms with E-state index < -0.39 is 12.5 Å². The van der Waals surface area contributed by atoms with Crippen LogP contribution in [0.5, 0.6) is 11.5 Å². The van der Waals surface area contributed by atoms with Crippen LogP contribution in [0.15, 0.2) is 48.5 Å². The highest BCUT2D eigenvalue weighted by Gasteiger charge is 2.08. The highest BCUT2D eigenvalue weighted by molar-refractivity contribution is 5.92. The first-order valence-corrected chi connectivity index (χ1v) is 6.60. The number of amides is 1. The second-order valence-corrected chi connectivity index (χ2v) is 4.40. The van der Waals surface area contributed by atoms with Gasteiger partial charge in [-0.25, -0.2) is 0 Å². The maximum absolute atomic E-state index is 12.0. The third kappa shape index (κ3) is 5.06. The Morgan fingerprint density at radius 1 is 1.13 bits per heavy atom. The first-order chi connectivity index (χ1) is 11.1. The number of hydrogen-bond donors (Lipinski definition) is 1. The van der Waals surface area contributed by atoms with Crippen molar-refractivity contribution in [1.29, 1.82) is 0 Å². The standard InChI is InChI=1S/C16H13F2NO4/c17-16(18)23-13-7-5-12(6-8-13)19-15(21)10-22-14-4-2-1-3-11(14)9-20/h1-9,16H,10H2,(H,19,21). The van der Waals surface area contributed by atoms with E-state index >= 15 is 0 Å². The van der Waals surface area contributed by atoms with Gasteiger partial charge < -0.3 is 14.8 Å². The van der Waals surface area contributed by atoms with Crippen molar-refractivity contribution >= 4 is 17.9 Å². The van der Waals surface area contributed by atoms with Crippen molar-refractivity contribution in [3.8, 4) is 11.5 Å². The van der Waals surface area contributed by atoms with Gasteiger partial charge in [0.25, 0.3) is 5.91 Å². The van der Waals surface area contributed by atoms with E-state index in [-0.39, 0.29) is 12.4 Å². The number of anilines is 1. The number of nitrogens with one attached hydrogen (secondary N) is 1. The van der Waals surface area contributed by atoms with Crippen LogP contribution in [-0.4, -0.2) is 25.4 Å². The van der Waals surface area contributed by atoms with E-state index in [1.165, 1.54) is 24.3 Å². The van der Waals surface area contributed by atoms with Crippen molar-refractivity contribution in [3.63, 3.8) is 0 Å². The normalized spacial score (nSPS) is 10.2. The average Bonchev–Trinajstić information content (AvgIpc) is 2.54. The van der Waals surface area contributed by atoms with Crippen LogP contribution in [0.3, 0.4) is 0 Å². The summed E-state index contributed by atoms with van der Waals surface area (Å²) in [5.74, 6) is -0.152. The highest BCUT2D eigenvalue weighted by Crippen LogP contribution is 2.18. The maximum Gasteiger partial charge on any atom is 0.387 e. The molecular formula is C16H13F2NO4. The van der Waals surface area contributed by atoms with Gasteiger partial charge in [0.15, 0.2) is 12.9 Å². The Labute approximate surface area is 130 Å². The molecule has 0 bridgehead atoms. The Morgan fingerprint density at radius 3 is 2.48 bits per heavy atom. The Kier molecular flexibility index (Phi) is 5.62. The van der Waals surface area contributed by atoms with Crippen molar-refractivity contribution in [2.75, 3.05) is 11.9 Å². The van der Waals surface area contributed by atoms with Gasteiger partial charge in [-0.1, -0.05) is 12.1 Å². The third-order valence-corrected chi connectivity index (χ3v) is 2.77. The Balaban J connectivity index is 1.88. The lowest BCUT2D eigenvalue weighted by Crippen LogP contribution is -2.20. The summed E-state index contributed by atoms with van der Waals surface area (Å²) in [5, 5.41) is 2.53. The molecule has 1 amide bonds. The van der Waals surface area contributed by atoms with E-state index in [1.54, 1.807) is 24.3 Å². The number of aldehydes is 1. The fourth-order valence-corrected chi connectivity index (χ4v) is 1.77. The number of carbonyl (C=O) groups excluding carboxylic acids is 2. The fourth-order valence-electron chi connectivity index (χ4n) is 1.77. The molecule has 0 atom stereocenters. The summed E-state index contributed by atoms with van der Waals surface area (Å²) in [6.45, 7) is -3.19. The molecule has 0 aliphatic rings. The van der Waals surface area contributed by atoms with Crippen LogP contribution in [-0.2, 0) is 4.79 Å². The number of carbonyl (C=O) groups is 2. The quantitative estimate of drug-likeness (QED) is 0.796. The van der Waals surface area contributed by atoms with Crippen molar-refractivity contribution in [2.45, 2.75) is 6.61 Å². The zero-order chi connectivity index (χ0) is 16.7. The van der Waals surface area contributed by atoms with Gasteiger partial charge in [-0.3, -0.25) is 9.59 Å². The summed E-state index contributed by atoms with van der Waals surface area (Å²) < 4.78 is 33.5. The summed E-state index contributed by atoms with van der Waals surface area (Å²) in [6.07, 6.45) is 0.634. The van der Waals surface area contributed by atoms with Gasteiger partial charge >= 0.3 is 6.61 Å². The van der Waals surface area contributed by atoms with Crippen LogP contribution in [0.4, 0.5) is 14.5 Å². The van der Waals surface area contributed by atoms with Crippen LogP contribution in [0.25, 0.3) is 0 Å². The van der Waals surface area contributed by atoms with E-state index in [9.17, 15) is 18.4 Å². The second kappa shape index (κ2) is 7.88. The van der Waals surface area contributed by atoms with Crippen LogP contribution in [0, 0.1) is 0 Å². The molecule has 2 aromatic carbocycles. The SMILES string of the molecule is O=Cc1ccccc1OCC(=O)Nc1ccc(OC(F)F)cc1. The van der Waals surface area contributed by atoms with Gasteiger partial charge in [0.1, 0.15) is 11.5 Å². The van der Waals surface area contributed by atoms with Crippen LogP contribution >= 0.6 is 0 Å². The number of benzene rings is 2. The van der Waals surface area contributed by atoms with E-state index in [2.05, 4.69) is 10.1 Å². The predicted octanol–water partition coefficient (Wildman–Crippen LogP) is 3.12. The average molecular weight is 321 g/mol. The molecule has 0 radical (unpaired) electrons. The summed E-state index contributed by atoms with van der Waals surface area (Å²) in [4.78, 5) is 22.6. The van der Waals surface area contributed by atoms with Gasteiger partial charge in [-0.2, -0.15) is 8.78 Å². The van der Waals surface area contributed by atoms with Crippen molar-refractivity contribution in [1.82, 2.24) is 0 Å². The van der Waals surface area contributed by atoms with Crippen LogP contribution in [0.2, 0.25) is 0 Å². The van der Waals surface area contributed by atoms with Gasteiger partial charge in [-0.05, 0) is 36.4 Å². The van der Waals surface area contributed by atoms with Crippen LogP contribution in [0.1, 0.15) is 10.4 Å². The first kappa shape index (κ1) is 16.4. The molecule has 0 saturated heterocycles. The van der Waals surface area contributed by atoms with Gasteiger partial charge in [0.2, 0.25) is 0 Å². The monoisotopic (exact) mass is 321 g/mol. The third-order valence-electron chi connectivity index (χ3n) is 2.77. The van der Waals surface area contributed by atoms with Gasteiger partial charge in [-0.15, -0.1) is 0 Å². The minimum Gasteiger partial charge on any atom is -0.483 e. The Hall–Kier alpha value is -2.96. The molecule has 5 nitrogen and oxygen atoms in total. The number of rotatable bonds is 7. The Morgan fingerprint density at radius 2 is 1.83 bits per heavy atom. The second-order valence-electron chi connectivity index (χ2n) is 4.40. The minimum absolute atomic E-state index is 0.00541. The molecule has 1 N–H and O–H groups in total. The first-order valence-electron chi connectivity index (χ1n) is 6.60. The molecule has 0 saturated carbocycles. The molecular weight excluding hydrogens is 308 g/mol. The molecule has 23 heavy (non-hydrogen) atoms. The highest BCUT2D eigenvalue weighted by atomic mass is 19.3.